The highest BCUT2D eigenvalue weighted by Crippen LogP contribution is 2.43. The van der Waals surface area contributed by atoms with Gasteiger partial charge in [0.25, 0.3) is 0 Å². The normalized spacial score (nSPS) is 36.0. The Labute approximate surface area is 245 Å². The molecule has 0 aromatic heterocycles. The third kappa shape index (κ3) is 6.08. The maximum atomic E-state index is 12.9. The van der Waals surface area contributed by atoms with E-state index in [1.165, 1.54) is 32.2 Å². The molecule has 2 saturated heterocycles. The summed E-state index contributed by atoms with van der Waals surface area (Å²) in [7, 11) is 1.39. The summed E-state index contributed by atoms with van der Waals surface area (Å²) in [5.74, 6) is -0.999. The number of hydrogen-bond donors (Lipinski definition) is 8. The third-order valence-corrected chi connectivity index (χ3v) is 7.70. The minimum absolute atomic E-state index is 0.0457. The maximum absolute atomic E-state index is 12.9. The lowest BCUT2D eigenvalue weighted by Crippen LogP contribution is -2.61. The Kier molecular flexibility index (Phi) is 8.99. The molecule has 8 N–H and O–H groups in total. The van der Waals surface area contributed by atoms with Crippen LogP contribution in [0.25, 0.3) is 0 Å². The van der Waals surface area contributed by atoms with Crippen LogP contribution in [0.2, 0.25) is 0 Å². The lowest BCUT2D eigenvalue weighted by molar-refractivity contribution is -0.318. The van der Waals surface area contributed by atoms with E-state index in [1.807, 2.05) is 0 Å². The van der Waals surface area contributed by atoms with Crippen molar-refractivity contribution >= 4 is 5.78 Å². The van der Waals surface area contributed by atoms with Gasteiger partial charge in [0.1, 0.15) is 71.6 Å². The van der Waals surface area contributed by atoms with Gasteiger partial charge in [-0.05, 0) is 24.6 Å². The molecule has 0 aliphatic carbocycles. The summed E-state index contributed by atoms with van der Waals surface area (Å²) in [5, 5.41) is 82.2. The van der Waals surface area contributed by atoms with Gasteiger partial charge >= 0.3 is 0 Å². The van der Waals surface area contributed by atoms with Crippen molar-refractivity contribution in [2.45, 2.75) is 80.9 Å². The number of aliphatic hydroxyl groups is 6. The van der Waals surface area contributed by atoms with Crippen LogP contribution in [0.15, 0.2) is 30.3 Å². The predicted molar refractivity (Wildman–Crippen MR) is 141 cm³/mol. The number of benzene rings is 2. The van der Waals surface area contributed by atoms with Crippen molar-refractivity contribution in [2.75, 3.05) is 13.7 Å². The zero-order valence-corrected chi connectivity index (χ0v) is 23.1. The Morgan fingerprint density at radius 1 is 0.837 bits per heavy atom. The van der Waals surface area contributed by atoms with E-state index >= 15 is 0 Å². The van der Waals surface area contributed by atoms with Gasteiger partial charge in [-0.25, -0.2) is 0 Å². The molecule has 2 fully saturated rings. The molecule has 0 radical (unpaired) electrons. The second kappa shape index (κ2) is 12.4. The molecular weight excluding hydrogens is 576 g/mol. The first-order valence-corrected chi connectivity index (χ1v) is 13.5. The van der Waals surface area contributed by atoms with Crippen molar-refractivity contribution in [1.29, 1.82) is 0 Å². The molecule has 5 rings (SSSR count). The lowest BCUT2D eigenvalue weighted by Gasteiger charge is -2.42. The molecule has 2 aromatic rings. The molecule has 0 unspecified atom stereocenters. The van der Waals surface area contributed by atoms with Gasteiger partial charge < -0.3 is 69.3 Å². The standard InChI is InChI=1S/C28H34O15/c1-10-21(32)23(34)25(36)27(40-10)39-9-19-22(33)24(35)26(37)28(43-19)41-12-6-14(30)20-15(31)8-17(42-18(20)7-12)11-3-4-16(38-2)13(29)5-11/h3-7,10,17,19,21-30,32-37H,8-9H2,1-2H3/t10-,17+,19-,21-,22-,23-,24-,25+,26-,27+,28-/m0/s1. The molecule has 43 heavy (non-hydrogen) atoms. The highest BCUT2D eigenvalue weighted by molar-refractivity contribution is 6.02. The van der Waals surface area contributed by atoms with E-state index in [2.05, 4.69) is 0 Å². The van der Waals surface area contributed by atoms with Crippen LogP contribution in [0.4, 0.5) is 0 Å². The molecule has 0 amide bonds. The van der Waals surface area contributed by atoms with Crippen LogP contribution in [-0.2, 0) is 14.2 Å². The number of Topliss-reactive ketones (excluding diaryl/α,β-unsaturated/α-hetero) is 1. The van der Waals surface area contributed by atoms with Crippen LogP contribution < -0.4 is 14.2 Å². The van der Waals surface area contributed by atoms with E-state index in [0.29, 0.717) is 5.56 Å². The Bertz CT molecular complexity index is 1320. The zero-order chi connectivity index (χ0) is 31.2. The number of carbonyl (C=O) groups is 1. The summed E-state index contributed by atoms with van der Waals surface area (Å²) in [6, 6.07) is 6.90. The summed E-state index contributed by atoms with van der Waals surface area (Å²) in [5.41, 5.74) is 0.373. The Balaban J connectivity index is 1.30. The SMILES string of the molecule is COc1ccc([C@H]2CC(=O)c3c(O)cc(O[C@H]4O[C@@H](CO[C@@H]5O[C@@H](C)[C@H](O)[C@H](O)[C@H]5O)[C@H](O)[C@H](O)[C@@H]4O)cc3O2)cc1O. The summed E-state index contributed by atoms with van der Waals surface area (Å²) in [6.45, 7) is 0.964. The number of aromatic hydroxyl groups is 2. The van der Waals surface area contributed by atoms with Gasteiger partial charge in [-0.3, -0.25) is 4.79 Å². The van der Waals surface area contributed by atoms with Crippen LogP contribution in [0, 0.1) is 0 Å². The number of aliphatic hydroxyl groups excluding tert-OH is 6. The summed E-state index contributed by atoms with van der Waals surface area (Å²) < 4.78 is 33.1. The molecule has 3 heterocycles. The van der Waals surface area contributed by atoms with Gasteiger partial charge in [0, 0.05) is 12.1 Å². The minimum Gasteiger partial charge on any atom is -0.507 e. The van der Waals surface area contributed by atoms with Crippen LogP contribution >= 0.6 is 0 Å². The molecule has 11 atom stereocenters. The van der Waals surface area contributed by atoms with E-state index < -0.39 is 85.7 Å². The van der Waals surface area contributed by atoms with Crippen LogP contribution in [0.5, 0.6) is 28.7 Å². The highest BCUT2D eigenvalue weighted by atomic mass is 16.7. The first-order chi connectivity index (χ1) is 20.4. The fourth-order valence-electron chi connectivity index (χ4n) is 5.20. The Morgan fingerprint density at radius 2 is 1.53 bits per heavy atom. The van der Waals surface area contributed by atoms with Gasteiger partial charge in [-0.2, -0.15) is 0 Å². The summed E-state index contributed by atoms with van der Waals surface area (Å²) >= 11 is 0. The molecule has 236 valence electrons. The number of ether oxygens (including phenoxy) is 6. The van der Waals surface area contributed by atoms with E-state index in [9.17, 15) is 45.6 Å². The first kappa shape index (κ1) is 31.2. The average Bonchev–Trinajstić information content (AvgIpc) is 2.97. The van der Waals surface area contributed by atoms with E-state index in [0.717, 1.165) is 6.07 Å². The molecule has 3 aliphatic heterocycles. The van der Waals surface area contributed by atoms with Gasteiger partial charge in [-0.1, -0.05) is 6.07 Å². The lowest BCUT2D eigenvalue weighted by atomic mass is 9.95. The smallest absolute Gasteiger partial charge is 0.229 e. The molecule has 0 saturated carbocycles. The van der Waals surface area contributed by atoms with Crippen molar-refractivity contribution in [3.63, 3.8) is 0 Å². The molecule has 15 heteroatoms. The quantitative estimate of drug-likeness (QED) is 0.185. The fraction of sp³-hybridized carbons (Fsp3) is 0.536. The number of phenols is 2. The van der Waals surface area contributed by atoms with Crippen LogP contribution in [-0.4, -0.2) is 122 Å². The largest absolute Gasteiger partial charge is 0.507 e. The fourth-order valence-corrected chi connectivity index (χ4v) is 5.20. The maximum Gasteiger partial charge on any atom is 0.229 e. The predicted octanol–water partition coefficient (Wildman–Crippen LogP) is -1.16. The number of fused-ring (bicyclic) bond motifs is 1. The van der Waals surface area contributed by atoms with Gasteiger partial charge in [-0.15, -0.1) is 0 Å². The molecule has 3 aliphatic rings. The van der Waals surface area contributed by atoms with Crippen molar-refractivity contribution in [3.05, 3.63) is 41.5 Å². The molecule has 0 spiro atoms. The zero-order valence-electron chi connectivity index (χ0n) is 23.1. The van der Waals surface area contributed by atoms with Gasteiger partial charge in [0.05, 0.1) is 26.2 Å². The molecular formula is C28H34O15. The van der Waals surface area contributed by atoms with E-state index in [4.69, 9.17) is 28.4 Å². The number of carbonyl (C=O) groups excluding carboxylic acids is 1. The molecule has 15 nitrogen and oxygen atoms in total. The van der Waals surface area contributed by atoms with Gasteiger partial charge in [0.15, 0.2) is 23.6 Å². The number of hydrogen-bond acceptors (Lipinski definition) is 15. The highest BCUT2D eigenvalue weighted by Gasteiger charge is 2.47. The molecule has 0 bridgehead atoms. The van der Waals surface area contributed by atoms with E-state index in [-0.39, 0.29) is 35.0 Å². The topological polar surface area (TPSA) is 234 Å². The van der Waals surface area contributed by atoms with Gasteiger partial charge in [0.2, 0.25) is 6.29 Å². The van der Waals surface area contributed by atoms with Crippen molar-refractivity contribution in [2.24, 2.45) is 0 Å². The number of phenolic OH excluding ortho intramolecular Hbond substituents is 2. The van der Waals surface area contributed by atoms with Crippen LogP contribution in [0.1, 0.15) is 35.4 Å². The number of rotatable bonds is 7. The van der Waals surface area contributed by atoms with E-state index in [1.54, 1.807) is 6.07 Å². The van der Waals surface area contributed by atoms with Crippen molar-refractivity contribution in [3.8, 4) is 28.7 Å². The molecule has 2 aromatic carbocycles. The second-order valence-corrected chi connectivity index (χ2v) is 10.6. The van der Waals surface area contributed by atoms with Crippen molar-refractivity contribution < 1.29 is 74.1 Å². The van der Waals surface area contributed by atoms with Crippen molar-refractivity contribution in [1.82, 2.24) is 0 Å². The Hall–Kier alpha value is -3.25. The first-order valence-electron chi connectivity index (χ1n) is 13.5. The average molecular weight is 611 g/mol. The minimum atomic E-state index is -1.77. The second-order valence-electron chi connectivity index (χ2n) is 10.6. The Morgan fingerprint density at radius 3 is 2.23 bits per heavy atom. The summed E-state index contributed by atoms with van der Waals surface area (Å²) in [6.07, 6.45) is -15.9. The number of ketones is 1. The summed E-state index contributed by atoms with van der Waals surface area (Å²) in [4.78, 5) is 12.9. The monoisotopic (exact) mass is 610 g/mol. The number of methoxy groups -OCH3 is 1. The van der Waals surface area contributed by atoms with Crippen LogP contribution in [0.3, 0.4) is 0 Å². The third-order valence-electron chi connectivity index (χ3n) is 7.70.